The molecule has 1 heterocycles. The van der Waals surface area contributed by atoms with Crippen molar-refractivity contribution in [1.29, 1.82) is 0 Å². The molecule has 3 rings (SSSR count). The third-order valence-corrected chi connectivity index (χ3v) is 6.84. The van der Waals surface area contributed by atoms with Crippen LogP contribution >= 0.6 is 0 Å². The molecule has 156 valence electrons. The monoisotopic (exact) mass is 424 g/mol. The molecule has 0 aromatic heterocycles. The van der Waals surface area contributed by atoms with Crippen LogP contribution < -0.4 is 10.1 Å². The lowest BCUT2D eigenvalue weighted by molar-refractivity contribution is -0.120. The number of benzene rings is 2. The van der Waals surface area contributed by atoms with Gasteiger partial charge in [-0.05, 0) is 55.7 Å². The Morgan fingerprint density at radius 1 is 1.17 bits per heavy atom. The zero-order valence-electron chi connectivity index (χ0n) is 16.1. The average molecular weight is 424 g/mol. The standard InChI is InChI=1S/C20H22F2N2O4S/c1-13-5-6-15(21)10-17(13)23-20(25)14-4-3-9-24(12-14)29(26,27)19-11-16(22)7-8-18(19)28-2/h5-8,10-11,14H,3-4,9,12H2,1-2H3,(H,23,25)/t14-/m1/s1. The molecule has 0 radical (unpaired) electrons. The van der Waals surface area contributed by atoms with Crippen molar-refractivity contribution in [2.45, 2.75) is 24.7 Å². The third-order valence-electron chi connectivity index (χ3n) is 4.96. The summed E-state index contributed by atoms with van der Waals surface area (Å²) in [5, 5.41) is 2.68. The number of aryl methyl sites for hydroxylation is 1. The smallest absolute Gasteiger partial charge is 0.246 e. The first kappa shape index (κ1) is 21.2. The summed E-state index contributed by atoms with van der Waals surface area (Å²) in [6, 6.07) is 7.36. The molecule has 0 saturated carbocycles. The number of amides is 1. The second-order valence-corrected chi connectivity index (χ2v) is 8.85. The maximum Gasteiger partial charge on any atom is 0.246 e. The molecule has 1 atom stereocenters. The molecule has 29 heavy (non-hydrogen) atoms. The van der Waals surface area contributed by atoms with E-state index in [0.717, 1.165) is 16.4 Å². The lowest BCUT2D eigenvalue weighted by Gasteiger charge is -2.31. The summed E-state index contributed by atoms with van der Waals surface area (Å²) >= 11 is 0. The highest BCUT2D eigenvalue weighted by atomic mass is 32.2. The molecule has 1 fully saturated rings. The van der Waals surface area contributed by atoms with Crippen molar-refractivity contribution in [3.63, 3.8) is 0 Å². The molecule has 0 aliphatic carbocycles. The highest BCUT2D eigenvalue weighted by Crippen LogP contribution is 2.31. The lowest BCUT2D eigenvalue weighted by Crippen LogP contribution is -2.43. The number of sulfonamides is 1. The number of anilines is 1. The van der Waals surface area contributed by atoms with E-state index in [1.165, 1.54) is 25.3 Å². The van der Waals surface area contributed by atoms with Crippen LogP contribution in [0.15, 0.2) is 41.3 Å². The summed E-state index contributed by atoms with van der Waals surface area (Å²) < 4.78 is 59.4. The van der Waals surface area contributed by atoms with Gasteiger partial charge in [-0.15, -0.1) is 0 Å². The molecule has 1 amide bonds. The van der Waals surface area contributed by atoms with E-state index in [-0.39, 0.29) is 29.6 Å². The number of hydrogen-bond acceptors (Lipinski definition) is 4. The number of rotatable bonds is 5. The number of carbonyl (C=O) groups is 1. The van der Waals surface area contributed by atoms with Crippen molar-refractivity contribution in [3.05, 3.63) is 53.6 Å². The first-order valence-electron chi connectivity index (χ1n) is 9.13. The maximum absolute atomic E-state index is 13.7. The van der Waals surface area contributed by atoms with Gasteiger partial charge in [-0.25, -0.2) is 17.2 Å². The predicted octanol–water partition coefficient (Wildman–Crippen LogP) is 3.32. The lowest BCUT2D eigenvalue weighted by atomic mass is 9.98. The van der Waals surface area contributed by atoms with Crippen molar-refractivity contribution >= 4 is 21.6 Å². The Labute approximate surface area is 168 Å². The molecule has 9 heteroatoms. The van der Waals surface area contributed by atoms with Gasteiger partial charge in [-0.1, -0.05) is 6.07 Å². The normalized spacial score (nSPS) is 17.7. The summed E-state index contributed by atoms with van der Waals surface area (Å²) in [6.07, 6.45) is 0.962. The van der Waals surface area contributed by atoms with Crippen LogP contribution in [0.5, 0.6) is 5.75 Å². The van der Waals surface area contributed by atoms with Crippen LogP contribution in [0.2, 0.25) is 0 Å². The fraction of sp³-hybridized carbons (Fsp3) is 0.350. The van der Waals surface area contributed by atoms with Crippen molar-refractivity contribution in [2.24, 2.45) is 5.92 Å². The van der Waals surface area contributed by atoms with Gasteiger partial charge >= 0.3 is 0 Å². The molecule has 1 aliphatic heterocycles. The van der Waals surface area contributed by atoms with Gasteiger partial charge in [0.2, 0.25) is 15.9 Å². The van der Waals surface area contributed by atoms with Crippen LogP contribution in [0.4, 0.5) is 14.5 Å². The molecule has 2 aromatic rings. The van der Waals surface area contributed by atoms with E-state index < -0.39 is 27.6 Å². The molecule has 2 aromatic carbocycles. The van der Waals surface area contributed by atoms with Crippen molar-refractivity contribution in [2.75, 3.05) is 25.5 Å². The van der Waals surface area contributed by atoms with Crippen LogP contribution in [0.1, 0.15) is 18.4 Å². The van der Waals surface area contributed by atoms with E-state index in [2.05, 4.69) is 5.32 Å². The zero-order valence-corrected chi connectivity index (χ0v) is 16.9. The number of piperidine rings is 1. The van der Waals surface area contributed by atoms with E-state index >= 15 is 0 Å². The third kappa shape index (κ3) is 4.56. The Hall–Kier alpha value is -2.52. The molecule has 6 nitrogen and oxygen atoms in total. The topological polar surface area (TPSA) is 75.7 Å². The van der Waals surface area contributed by atoms with Gasteiger partial charge in [-0.3, -0.25) is 4.79 Å². The SMILES string of the molecule is COc1ccc(F)cc1S(=O)(=O)N1CCC[C@@H](C(=O)Nc2cc(F)ccc2C)C1. The van der Waals surface area contributed by atoms with E-state index in [9.17, 15) is 22.0 Å². The molecule has 1 N–H and O–H groups in total. The second kappa shape index (κ2) is 8.46. The van der Waals surface area contributed by atoms with Gasteiger partial charge in [0.1, 0.15) is 22.3 Å². The molecule has 0 spiro atoms. The number of methoxy groups -OCH3 is 1. The van der Waals surface area contributed by atoms with Crippen LogP contribution in [0.25, 0.3) is 0 Å². The highest BCUT2D eigenvalue weighted by Gasteiger charge is 2.35. The Bertz CT molecular complexity index is 1030. The van der Waals surface area contributed by atoms with E-state index in [1.54, 1.807) is 13.0 Å². The fourth-order valence-corrected chi connectivity index (χ4v) is 5.02. The van der Waals surface area contributed by atoms with Crippen molar-refractivity contribution in [1.82, 2.24) is 4.31 Å². The van der Waals surface area contributed by atoms with E-state index in [1.807, 2.05) is 0 Å². The summed E-state index contributed by atoms with van der Waals surface area (Å²) in [5.74, 6) is -2.13. The van der Waals surface area contributed by atoms with Crippen LogP contribution in [-0.2, 0) is 14.8 Å². The Balaban J connectivity index is 1.80. The summed E-state index contributed by atoms with van der Waals surface area (Å²) in [7, 11) is -2.75. The Morgan fingerprint density at radius 2 is 1.86 bits per heavy atom. The number of halogens is 2. The first-order valence-corrected chi connectivity index (χ1v) is 10.6. The van der Waals surface area contributed by atoms with E-state index in [0.29, 0.717) is 24.1 Å². The summed E-state index contributed by atoms with van der Waals surface area (Å²) in [6.45, 7) is 1.90. The Morgan fingerprint density at radius 3 is 2.59 bits per heavy atom. The highest BCUT2D eigenvalue weighted by molar-refractivity contribution is 7.89. The maximum atomic E-state index is 13.7. The molecule has 0 bridgehead atoms. The second-order valence-electron chi connectivity index (χ2n) is 6.95. The molecule has 0 unspecified atom stereocenters. The number of nitrogens with zero attached hydrogens (tertiary/aromatic N) is 1. The quantitative estimate of drug-likeness (QED) is 0.799. The summed E-state index contributed by atoms with van der Waals surface area (Å²) in [5.41, 5.74) is 1.05. The van der Waals surface area contributed by atoms with Gasteiger partial charge in [-0.2, -0.15) is 4.31 Å². The minimum Gasteiger partial charge on any atom is -0.495 e. The van der Waals surface area contributed by atoms with Gasteiger partial charge in [0.05, 0.1) is 13.0 Å². The number of carbonyl (C=O) groups excluding carboxylic acids is 1. The average Bonchev–Trinajstić information content (AvgIpc) is 2.70. The molecular weight excluding hydrogens is 402 g/mol. The number of ether oxygens (including phenoxy) is 1. The van der Waals surface area contributed by atoms with Gasteiger partial charge in [0.15, 0.2) is 0 Å². The molecular formula is C20H22F2N2O4S. The predicted molar refractivity (Wildman–Crippen MR) is 104 cm³/mol. The van der Waals surface area contributed by atoms with E-state index in [4.69, 9.17) is 4.74 Å². The number of nitrogens with one attached hydrogen (secondary N) is 1. The first-order chi connectivity index (χ1) is 13.7. The Kier molecular flexibility index (Phi) is 6.18. The zero-order chi connectivity index (χ0) is 21.2. The van der Waals surface area contributed by atoms with Gasteiger partial charge in [0, 0.05) is 18.8 Å². The van der Waals surface area contributed by atoms with Crippen LogP contribution in [0.3, 0.4) is 0 Å². The van der Waals surface area contributed by atoms with Crippen LogP contribution in [-0.4, -0.2) is 38.8 Å². The number of hydrogen-bond donors (Lipinski definition) is 1. The molecule has 1 aliphatic rings. The van der Waals surface area contributed by atoms with Gasteiger partial charge < -0.3 is 10.1 Å². The van der Waals surface area contributed by atoms with Crippen molar-refractivity contribution in [3.8, 4) is 5.75 Å². The molecule has 1 saturated heterocycles. The van der Waals surface area contributed by atoms with Gasteiger partial charge in [0.25, 0.3) is 0 Å². The minimum atomic E-state index is -4.05. The minimum absolute atomic E-state index is 0.0355. The van der Waals surface area contributed by atoms with Crippen LogP contribution in [0, 0.1) is 24.5 Å². The summed E-state index contributed by atoms with van der Waals surface area (Å²) in [4.78, 5) is 12.4. The van der Waals surface area contributed by atoms with Crippen molar-refractivity contribution < 1.29 is 26.7 Å². The largest absolute Gasteiger partial charge is 0.495 e. The fourth-order valence-electron chi connectivity index (χ4n) is 3.33.